The van der Waals surface area contributed by atoms with Crippen molar-refractivity contribution in [3.05, 3.63) is 12.3 Å². The molecule has 0 rings (SSSR count). The molecule has 78 valence electrons. The summed E-state index contributed by atoms with van der Waals surface area (Å²) < 4.78 is 0. The fourth-order valence-corrected chi connectivity index (χ4v) is 1.09. The maximum Gasteiger partial charge on any atom is 0.0146 e. The van der Waals surface area contributed by atoms with Crippen molar-refractivity contribution in [3.8, 4) is 0 Å². The van der Waals surface area contributed by atoms with E-state index in [0.29, 0.717) is 0 Å². The lowest BCUT2D eigenvalue weighted by Gasteiger charge is -2.11. The van der Waals surface area contributed by atoms with Gasteiger partial charge in [-0.1, -0.05) is 34.3 Å². The largest absolute Gasteiger partial charge is 0.389 e. The summed E-state index contributed by atoms with van der Waals surface area (Å²) in [7, 11) is 0. The molecule has 0 aromatic carbocycles. The normalized spacial score (nSPS) is 10.9. The molecule has 1 heteroatoms. The number of allylic oxidation sites excluding steroid dienone is 1. The second-order valence-corrected chi connectivity index (χ2v) is 4.65. The van der Waals surface area contributed by atoms with E-state index in [1.54, 1.807) is 0 Å². The maximum atomic E-state index is 4.01. The SMILES string of the molecule is C=C(CCC(C)C)NCCC(C)C. The van der Waals surface area contributed by atoms with Crippen LogP contribution in [0.4, 0.5) is 0 Å². The molecule has 1 N–H and O–H groups in total. The molecule has 0 radical (unpaired) electrons. The summed E-state index contributed by atoms with van der Waals surface area (Å²) in [5.41, 5.74) is 1.20. The van der Waals surface area contributed by atoms with Gasteiger partial charge in [0.05, 0.1) is 0 Å². The van der Waals surface area contributed by atoms with Gasteiger partial charge in [-0.25, -0.2) is 0 Å². The van der Waals surface area contributed by atoms with Crippen molar-refractivity contribution in [2.75, 3.05) is 6.54 Å². The van der Waals surface area contributed by atoms with Crippen LogP contribution >= 0.6 is 0 Å². The fourth-order valence-electron chi connectivity index (χ4n) is 1.09. The topological polar surface area (TPSA) is 12.0 Å². The van der Waals surface area contributed by atoms with Crippen LogP contribution in [0.15, 0.2) is 12.3 Å². The Kier molecular flexibility index (Phi) is 6.75. The third-order valence-electron chi connectivity index (χ3n) is 2.12. The predicted molar refractivity (Wildman–Crippen MR) is 60.7 cm³/mol. The van der Waals surface area contributed by atoms with Crippen LogP contribution < -0.4 is 5.32 Å². The minimum Gasteiger partial charge on any atom is -0.389 e. The average molecular weight is 183 g/mol. The summed E-state index contributed by atoms with van der Waals surface area (Å²) >= 11 is 0. The molecule has 0 unspecified atom stereocenters. The van der Waals surface area contributed by atoms with Crippen molar-refractivity contribution in [3.63, 3.8) is 0 Å². The van der Waals surface area contributed by atoms with Gasteiger partial charge in [-0.3, -0.25) is 0 Å². The van der Waals surface area contributed by atoms with Gasteiger partial charge in [0.2, 0.25) is 0 Å². The Morgan fingerprint density at radius 1 is 1.08 bits per heavy atom. The maximum absolute atomic E-state index is 4.01. The Bertz CT molecular complexity index is 136. The first kappa shape index (κ1) is 12.5. The third-order valence-corrected chi connectivity index (χ3v) is 2.12. The Labute approximate surface area is 83.6 Å². The minimum atomic E-state index is 0.781. The van der Waals surface area contributed by atoms with Crippen molar-refractivity contribution in [2.45, 2.75) is 47.0 Å². The first-order valence-corrected chi connectivity index (χ1v) is 5.44. The van der Waals surface area contributed by atoms with Crippen LogP contribution in [-0.2, 0) is 0 Å². The van der Waals surface area contributed by atoms with Gasteiger partial charge < -0.3 is 5.32 Å². The first-order chi connectivity index (χ1) is 6.02. The molecule has 0 amide bonds. The van der Waals surface area contributed by atoms with E-state index in [9.17, 15) is 0 Å². The van der Waals surface area contributed by atoms with E-state index in [1.807, 2.05) is 0 Å². The molecular weight excluding hydrogens is 158 g/mol. The Morgan fingerprint density at radius 3 is 2.08 bits per heavy atom. The van der Waals surface area contributed by atoms with Gasteiger partial charge in [0.1, 0.15) is 0 Å². The van der Waals surface area contributed by atoms with E-state index in [-0.39, 0.29) is 0 Å². The lowest BCUT2D eigenvalue weighted by molar-refractivity contribution is 0.535. The first-order valence-electron chi connectivity index (χ1n) is 5.44. The molecule has 0 atom stereocenters. The van der Waals surface area contributed by atoms with Gasteiger partial charge in [-0.2, -0.15) is 0 Å². The van der Waals surface area contributed by atoms with Gasteiger partial charge in [-0.05, 0) is 31.1 Å². The molecule has 0 aromatic heterocycles. The smallest absolute Gasteiger partial charge is 0.0146 e. The van der Waals surface area contributed by atoms with Gasteiger partial charge in [0, 0.05) is 12.2 Å². The number of hydrogen-bond acceptors (Lipinski definition) is 1. The van der Waals surface area contributed by atoms with Crippen LogP contribution in [0.25, 0.3) is 0 Å². The molecule has 0 saturated carbocycles. The van der Waals surface area contributed by atoms with Crippen molar-refractivity contribution in [1.29, 1.82) is 0 Å². The molecule has 13 heavy (non-hydrogen) atoms. The predicted octanol–water partition coefficient (Wildman–Crippen LogP) is 3.57. The highest BCUT2D eigenvalue weighted by atomic mass is 14.9. The molecular formula is C12H25N. The standard InChI is InChI=1S/C12H25N/c1-10(2)6-7-12(5)13-9-8-11(3)4/h10-11,13H,5-9H2,1-4H3. The number of hydrogen-bond donors (Lipinski definition) is 1. The molecule has 0 aliphatic carbocycles. The highest BCUT2D eigenvalue weighted by Gasteiger charge is 1.98. The molecule has 0 fully saturated rings. The molecule has 1 nitrogen and oxygen atoms in total. The van der Waals surface area contributed by atoms with Crippen LogP contribution in [0, 0.1) is 11.8 Å². The van der Waals surface area contributed by atoms with E-state index < -0.39 is 0 Å². The van der Waals surface area contributed by atoms with Crippen LogP contribution in [0.3, 0.4) is 0 Å². The summed E-state index contributed by atoms with van der Waals surface area (Å²) in [5, 5.41) is 3.37. The quantitative estimate of drug-likeness (QED) is 0.636. The van der Waals surface area contributed by atoms with E-state index in [1.165, 1.54) is 18.5 Å². The summed E-state index contributed by atoms with van der Waals surface area (Å²) in [4.78, 5) is 0. The summed E-state index contributed by atoms with van der Waals surface area (Å²) in [6.45, 7) is 14.1. The van der Waals surface area contributed by atoms with Crippen LogP contribution in [0.5, 0.6) is 0 Å². The molecule has 0 heterocycles. The Balaban J connectivity index is 3.30. The number of rotatable bonds is 7. The van der Waals surface area contributed by atoms with Gasteiger partial charge in [-0.15, -0.1) is 0 Å². The second kappa shape index (κ2) is 6.99. The molecule has 0 aromatic rings. The molecule has 0 aliphatic rings. The molecule has 0 aliphatic heterocycles. The van der Waals surface area contributed by atoms with E-state index in [4.69, 9.17) is 0 Å². The van der Waals surface area contributed by atoms with E-state index in [2.05, 4.69) is 39.6 Å². The summed E-state index contributed by atoms with van der Waals surface area (Å²) in [6, 6.07) is 0. The molecule has 0 spiro atoms. The average Bonchev–Trinajstić information content (AvgIpc) is 2.00. The third kappa shape index (κ3) is 9.45. The minimum absolute atomic E-state index is 0.781. The zero-order chi connectivity index (χ0) is 10.3. The fraction of sp³-hybridized carbons (Fsp3) is 0.833. The Hall–Kier alpha value is -0.460. The second-order valence-electron chi connectivity index (χ2n) is 4.65. The Morgan fingerprint density at radius 2 is 1.62 bits per heavy atom. The van der Waals surface area contributed by atoms with E-state index >= 15 is 0 Å². The van der Waals surface area contributed by atoms with Crippen molar-refractivity contribution in [2.24, 2.45) is 11.8 Å². The van der Waals surface area contributed by atoms with Gasteiger partial charge in [0.25, 0.3) is 0 Å². The van der Waals surface area contributed by atoms with Crippen molar-refractivity contribution < 1.29 is 0 Å². The summed E-state index contributed by atoms with van der Waals surface area (Å²) in [6.07, 6.45) is 3.60. The van der Waals surface area contributed by atoms with Crippen LogP contribution in [0.1, 0.15) is 47.0 Å². The monoisotopic (exact) mass is 183 g/mol. The summed E-state index contributed by atoms with van der Waals surface area (Å²) in [5.74, 6) is 1.56. The lowest BCUT2D eigenvalue weighted by Crippen LogP contribution is -2.15. The zero-order valence-corrected chi connectivity index (χ0v) is 9.69. The van der Waals surface area contributed by atoms with Gasteiger partial charge >= 0.3 is 0 Å². The van der Waals surface area contributed by atoms with Crippen LogP contribution in [-0.4, -0.2) is 6.54 Å². The highest BCUT2D eigenvalue weighted by Crippen LogP contribution is 2.08. The lowest BCUT2D eigenvalue weighted by atomic mass is 10.1. The highest BCUT2D eigenvalue weighted by molar-refractivity contribution is 4.90. The number of nitrogens with one attached hydrogen (secondary N) is 1. The van der Waals surface area contributed by atoms with E-state index in [0.717, 1.165) is 24.8 Å². The van der Waals surface area contributed by atoms with Crippen LogP contribution in [0.2, 0.25) is 0 Å². The zero-order valence-electron chi connectivity index (χ0n) is 9.69. The molecule has 0 saturated heterocycles. The van der Waals surface area contributed by atoms with Gasteiger partial charge in [0.15, 0.2) is 0 Å². The molecule has 0 bridgehead atoms. The van der Waals surface area contributed by atoms with Crippen molar-refractivity contribution >= 4 is 0 Å². The van der Waals surface area contributed by atoms with Crippen molar-refractivity contribution in [1.82, 2.24) is 5.32 Å².